The van der Waals surface area contributed by atoms with Gasteiger partial charge in [0.25, 0.3) is 0 Å². The van der Waals surface area contributed by atoms with E-state index in [0.29, 0.717) is 5.92 Å². The van der Waals surface area contributed by atoms with Gasteiger partial charge < -0.3 is 0 Å². The predicted molar refractivity (Wildman–Crippen MR) is 56.6 cm³/mol. The van der Waals surface area contributed by atoms with Crippen LogP contribution in [-0.2, 0) is 27.7 Å². The molecule has 1 rings (SSSR count). The van der Waals surface area contributed by atoms with E-state index in [1.807, 2.05) is 0 Å². The third-order valence-corrected chi connectivity index (χ3v) is 7.21. The summed E-state index contributed by atoms with van der Waals surface area (Å²) in [7, 11) is 5.03. The zero-order chi connectivity index (χ0) is 11.5. The molecular formula is C11H20O3Ti. The van der Waals surface area contributed by atoms with Crippen molar-refractivity contribution in [2.75, 3.05) is 21.3 Å². The van der Waals surface area contributed by atoms with E-state index in [2.05, 4.69) is 26.0 Å². The van der Waals surface area contributed by atoms with Gasteiger partial charge >= 0.3 is 96.8 Å². The van der Waals surface area contributed by atoms with Gasteiger partial charge in [0.1, 0.15) is 0 Å². The Bertz CT molecular complexity index is 269. The van der Waals surface area contributed by atoms with Crippen molar-refractivity contribution in [3.05, 3.63) is 21.6 Å². The van der Waals surface area contributed by atoms with Crippen LogP contribution in [0, 0.1) is 5.92 Å². The first-order valence-electron chi connectivity index (χ1n) is 5.16. The quantitative estimate of drug-likeness (QED) is 0.700. The van der Waals surface area contributed by atoms with Crippen LogP contribution in [0.3, 0.4) is 0 Å². The summed E-state index contributed by atoms with van der Waals surface area (Å²) in [5.74, 6) is 0.490. The molecule has 1 aliphatic carbocycles. The first-order valence-corrected chi connectivity index (χ1v) is 7.86. The zero-order valence-electron chi connectivity index (χ0n) is 10.2. The van der Waals surface area contributed by atoms with Crippen LogP contribution in [0.2, 0.25) is 0 Å². The molecule has 0 saturated heterocycles. The summed E-state index contributed by atoms with van der Waals surface area (Å²) < 4.78 is 17.9. The second kappa shape index (κ2) is 5.42. The molecule has 0 aliphatic heterocycles. The second-order valence-electron chi connectivity index (χ2n) is 3.86. The van der Waals surface area contributed by atoms with Crippen LogP contribution >= 0.6 is 0 Å². The molecule has 0 heterocycles. The van der Waals surface area contributed by atoms with E-state index in [-0.39, 0.29) is 0 Å². The third kappa shape index (κ3) is 2.43. The Morgan fingerprint density at radius 1 is 1.13 bits per heavy atom. The first-order chi connectivity index (χ1) is 7.11. The van der Waals surface area contributed by atoms with Crippen LogP contribution in [0.4, 0.5) is 0 Å². The molecule has 0 atom stereocenters. The van der Waals surface area contributed by atoms with Gasteiger partial charge in [-0.1, -0.05) is 0 Å². The van der Waals surface area contributed by atoms with Crippen molar-refractivity contribution in [3.8, 4) is 0 Å². The second-order valence-corrected chi connectivity index (χ2v) is 8.46. The van der Waals surface area contributed by atoms with Crippen LogP contribution in [0.25, 0.3) is 0 Å². The summed E-state index contributed by atoms with van der Waals surface area (Å²) >= 11 is -3.14. The maximum atomic E-state index is 5.55. The Hall–Kier alpha value is 0.0743. The zero-order valence-corrected chi connectivity index (χ0v) is 11.7. The van der Waals surface area contributed by atoms with E-state index >= 15 is 0 Å². The van der Waals surface area contributed by atoms with Crippen LogP contribution in [0.1, 0.15) is 20.3 Å². The summed E-state index contributed by atoms with van der Waals surface area (Å²) in [6.07, 6.45) is 5.22. The normalized spacial score (nSPS) is 16.9. The van der Waals surface area contributed by atoms with Crippen molar-refractivity contribution in [2.24, 2.45) is 5.92 Å². The van der Waals surface area contributed by atoms with E-state index in [1.54, 1.807) is 21.3 Å². The predicted octanol–water partition coefficient (Wildman–Crippen LogP) is 2.69. The number of allylic oxidation sites excluding steroid dienone is 4. The van der Waals surface area contributed by atoms with Crippen LogP contribution < -0.4 is 0 Å². The summed E-state index contributed by atoms with van der Waals surface area (Å²) in [6, 6.07) is 0. The Labute approximate surface area is 96.9 Å². The molecule has 0 unspecified atom stereocenters. The summed E-state index contributed by atoms with van der Waals surface area (Å²) in [5, 5.41) is 0. The molecule has 0 saturated carbocycles. The van der Waals surface area contributed by atoms with Crippen LogP contribution in [0.15, 0.2) is 21.6 Å². The van der Waals surface area contributed by atoms with Crippen molar-refractivity contribution < 1.29 is 27.7 Å². The number of hydrogen-bond donors (Lipinski definition) is 0. The van der Waals surface area contributed by atoms with Crippen molar-refractivity contribution in [2.45, 2.75) is 20.3 Å². The van der Waals surface area contributed by atoms with Gasteiger partial charge in [0.15, 0.2) is 0 Å². The molecule has 86 valence electrons. The fourth-order valence-electron chi connectivity index (χ4n) is 1.98. The summed E-state index contributed by atoms with van der Waals surface area (Å²) in [5.41, 5.74) is 1.32. The fraction of sp³-hybridized carbons (Fsp3) is 0.636. The molecule has 3 nitrogen and oxygen atoms in total. The summed E-state index contributed by atoms with van der Waals surface area (Å²) in [6.45, 7) is 4.36. The molecule has 4 heteroatoms. The topological polar surface area (TPSA) is 27.7 Å². The molecule has 0 aromatic carbocycles. The fourth-order valence-corrected chi connectivity index (χ4v) is 5.63. The Morgan fingerprint density at radius 3 is 2.07 bits per heavy atom. The van der Waals surface area contributed by atoms with Crippen molar-refractivity contribution in [1.82, 2.24) is 0 Å². The average molecular weight is 248 g/mol. The molecule has 0 aromatic heterocycles. The van der Waals surface area contributed by atoms with Gasteiger partial charge in [-0.25, -0.2) is 0 Å². The van der Waals surface area contributed by atoms with Crippen molar-refractivity contribution >= 4 is 0 Å². The van der Waals surface area contributed by atoms with Crippen molar-refractivity contribution in [3.63, 3.8) is 0 Å². The Kier molecular flexibility index (Phi) is 4.75. The van der Waals surface area contributed by atoms with Gasteiger partial charge in [0.2, 0.25) is 0 Å². The molecule has 0 radical (unpaired) electrons. The van der Waals surface area contributed by atoms with E-state index in [4.69, 9.17) is 9.96 Å². The molecule has 0 N–H and O–H groups in total. The minimum atomic E-state index is -3.14. The maximum absolute atomic E-state index is 5.55. The molecule has 0 spiro atoms. The molecule has 0 aromatic rings. The van der Waals surface area contributed by atoms with Crippen LogP contribution in [0.5, 0.6) is 0 Å². The van der Waals surface area contributed by atoms with Crippen LogP contribution in [-0.4, -0.2) is 21.3 Å². The van der Waals surface area contributed by atoms with E-state index in [0.717, 1.165) is 6.42 Å². The SMILES string of the molecule is C[O][Ti]([O]C)([O]C)[C]1=C(C(C)C)C=CC1. The Balaban J connectivity index is 3.09. The minimum absolute atomic E-state index is 0.490. The van der Waals surface area contributed by atoms with Gasteiger partial charge in [-0.2, -0.15) is 0 Å². The van der Waals surface area contributed by atoms with E-state index in [1.165, 1.54) is 9.45 Å². The Morgan fingerprint density at radius 2 is 1.67 bits per heavy atom. The standard InChI is InChI=1S/C8H11.3CH3O.Ti/c1-7(2)8-5-3-4-6-8;3*1-2;/h3,5,7H,4H2,1-2H3;3*1H3;/q;3*-1;+3. The number of rotatable bonds is 5. The molecular weight excluding hydrogens is 228 g/mol. The average Bonchev–Trinajstić information content (AvgIpc) is 2.71. The monoisotopic (exact) mass is 248 g/mol. The molecule has 0 amide bonds. The van der Waals surface area contributed by atoms with Gasteiger partial charge in [-0.05, 0) is 0 Å². The van der Waals surface area contributed by atoms with Gasteiger partial charge in [0.05, 0.1) is 0 Å². The number of hydrogen-bond acceptors (Lipinski definition) is 3. The first kappa shape index (κ1) is 13.1. The summed E-state index contributed by atoms with van der Waals surface area (Å²) in [4.78, 5) is 0. The van der Waals surface area contributed by atoms with Crippen molar-refractivity contribution in [1.29, 1.82) is 0 Å². The third-order valence-electron chi connectivity index (χ3n) is 2.77. The molecule has 15 heavy (non-hydrogen) atoms. The molecule has 0 fully saturated rings. The van der Waals surface area contributed by atoms with Gasteiger partial charge in [-0.15, -0.1) is 0 Å². The van der Waals surface area contributed by atoms with Gasteiger partial charge in [0, 0.05) is 0 Å². The van der Waals surface area contributed by atoms with E-state index in [9.17, 15) is 0 Å². The van der Waals surface area contributed by atoms with E-state index < -0.39 is 17.8 Å². The molecule has 0 bridgehead atoms. The molecule has 1 aliphatic rings. The van der Waals surface area contributed by atoms with Gasteiger partial charge in [-0.3, -0.25) is 0 Å².